The van der Waals surface area contributed by atoms with Crippen LogP contribution in [0.15, 0.2) is 42.5 Å². The molecule has 0 fully saturated rings. The van der Waals surface area contributed by atoms with Gasteiger partial charge in [0, 0.05) is 11.3 Å². The molecule has 84 valence electrons. The van der Waals surface area contributed by atoms with Crippen molar-refractivity contribution in [3.63, 3.8) is 0 Å². The summed E-state index contributed by atoms with van der Waals surface area (Å²) in [5, 5.41) is 0. The third-order valence-electron chi connectivity index (χ3n) is 2.29. The Kier molecular flexibility index (Phi) is 3.42. The first-order chi connectivity index (χ1) is 8.28. The molecule has 0 N–H and O–H groups in total. The first-order valence-electron chi connectivity index (χ1n) is 5.37. The fraction of sp³-hybridized carbons (Fsp3) is 0.133. The SMILES string of the molecule is Cc1cccc(C#Cc2cccc(O[11CH3])c2)n1. The van der Waals surface area contributed by atoms with Gasteiger partial charge in [0.15, 0.2) is 0 Å². The fourth-order valence-electron chi connectivity index (χ4n) is 1.45. The van der Waals surface area contributed by atoms with Crippen LogP contribution in [0, 0.1) is 18.8 Å². The Balaban J connectivity index is 2.26. The second-order valence-corrected chi connectivity index (χ2v) is 3.65. The van der Waals surface area contributed by atoms with Crippen LogP contribution in [-0.2, 0) is 0 Å². The molecule has 0 unspecified atom stereocenters. The van der Waals surface area contributed by atoms with Crippen molar-refractivity contribution in [1.29, 1.82) is 0 Å². The molecule has 1 heterocycles. The monoisotopic (exact) mass is 222 g/mol. The Morgan fingerprint density at radius 1 is 1.06 bits per heavy atom. The molecule has 1 aromatic carbocycles. The highest BCUT2D eigenvalue weighted by Gasteiger charge is 1.92. The summed E-state index contributed by atoms with van der Waals surface area (Å²) < 4.78 is 5.14. The highest BCUT2D eigenvalue weighted by atomic mass is 16.4. The Morgan fingerprint density at radius 2 is 1.88 bits per heavy atom. The maximum atomic E-state index is 5.14. The molecule has 0 aliphatic heterocycles. The molecule has 0 aliphatic carbocycles. The molecule has 0 saturated carbocycles. The minimum atomic E-state index is 0.785. The summed E-state index contributed by atoms with van der Waals surface area (Å²) in [4.78, 5) is 4.33. The van der Waals surface area contributed by atoms with Crippen molar-refractivity contribution < 1.29 is 4.74 Å². The van der Waals surface area contributed by atoms with E-state index in [2.05, 4.69) is 16.8 Å². The zero-order valence-electron chi connectivity index (χ0n) is 9.90. The fourth-order valence-corrected chi connectivity index (χ4v) is 1.45. The molecule has 0 radical (unpaired) electrons. The van der Waals surface area contributed by atoms with E-state index >= 15 is 0 Å². The summed E-state index contributed by atoms with van der Waals surface area (Å²) >= 11 is 0. The van der Waals surface area contributed by atoms with Gasteiger partial charge in [0.2, 0.25) is 0 Å². The van der Waals surface area contributed by atoms with Gasteiger partial charge in [-0.2, -0.15) is 0 Å². The first-order valence-corrected chi connectivity index (χ1v) is 5.37. The molecule has 2 rings (SSSR count). The van der Waals surface area contributed by atoms with Crippen LogP contribution < -0.4 is 4.74 Å². The molecule has 17 heavy (non-hydrogen) atoms. The molecular weight excluding hydrogens is 209 g/mol. The van der Waals surface area contributed by atoms with E-state index in [0.717, 1.165) is 22.7 Å². The third kappa shape index (κ3) is 3.09. The van der Waals surface area contributed by atoms with Crippen molar-refractivity contribution in [3.8, 4) is 17.6 Å². The normalized spacial score (nSPS) is 9.29. The highest BCUT2D eigenvalue weighted by Crippen LogP contribution is 2.11. The molecule has 2 nitrogen and oxygen atoms in total. The lowest BCUT2D eigenvalue weighted by atomic mass is 10.2. The minimum Gasteiger partial charge on any atom is -0.497 e. The smallest absolute Gasteiger partial charge is 0.120 e. The van der Waals surface area contributed by atoms with Gasteiger partial charge < -0.3 is 4.74 Å². The second-order valence-electron chi connectivity index (χ2n) is 3.65. The van der Waals surface area contributed by atoms with Crippen molar-refractivity contribution in [2.75, 3.05) is 7.11 Å². The van der Waals surface area contributed by atoms with E-state index in [1.54, 1.807) is 7.11 Å². The van der Waals surface area contributed by atoms with Crippen molar-refractivity contribution >= 4 is 0 Å². The molecule has 2 heteroatoms. The summed E-state index contributed by atoms with van der Waals surface area (Å²) in [5.41, 5.74) is 2.68. The lowest BCUT2D eigenvalue weighted by Gasteiger charge is -1.98. The average Bonchev–Trinajstić information content (AvgIpc) is 2.37. The lowest BCUT2D eigenvalue weighted by molar-refractivity contribution is 0.414. The van der Waals surface area contributed by atoms with Gasteiger partial charge in [-0.1, -0.05) is 18.1 Å². The molecule has 0 bridgehead atoms. The predicted molar refractivity (Wildman–Crippen MR) is 67.9 cm³/mol. The average molecular weight is 222 g/mol. The molecule has 0 atom stereocenters. The molecule has 0 spiro atoms. The van der Waals surface area contributed by atoms with Crippen molar-refractivity contribution in [1.82, 2.24) is 4.98 Å². The van der Waals surface area contributed by atoms with E-state index < -0.39 is 0 Å². The number of ether oxygens (including phenoxy) is 1. The number of pyridine rings is 1. The van der Waals surface area contributed by atoms with Crippen LogP contribution in [0.2, 0.25) is 0 Å². The van der Waals surface area contributed by atoms with Gasteiger partial charge in [-0.05, 0) is 43.2 Å². The number of nitrogens with zero attached hydrogens (tertiary/aromatic N) is 1. The summed E-state index contributed by atoms with van der Waals surface area (Å²) in [6.45, 7) is 1.96. The van der Waals surface area contributed by atoms with E-state index in [1.165, 1.54) is 0 Å². The standard InChI is InChI=1S/C15H13NO/c1-12-5-3-7-14(16-12)10-9-13-6-4-8-15(11-13)17-2/h3-8,11H,1-2H3/i2-1. The van der Waals surface area contributed by atoms with Crippen LogP contribution in [0.25, 0.3) is 0 Å². The second kappa shape index (κ2) is 5.18. The van der Waals surface area contributed by atoms with Gasteiger partial charge in [0.25, 0.3) is 0 Å². The summed E-state index contributed by atoms with van der Waals surface area (Å²) in [6, 6.07) is 13.5. The maximum absolute atomic E-state index is 5.14. The number of methoxy groups -OCH3 is 1. The molecule has 0 amide bonds. The Labute approximate surface area is 101 Å². The van der Waals surface area contributed by atoms with Crippen LogP contribution in [0.1, 0.15) is 17.0 Å². The number of benzene rings is 1. The molecular formula is C15H13NO. The van der Waals surface area contributed by atoms with Gasteiger partial charge in [0.05, 0.1) is 7.11 Å². The highest BCUT2D eigenvalue weighted by molar-refractivity contribution is 5.43. The van der Waals surface area contributed by atoms with Crippen LogP contribution in [0.3, 0.4) is 0 Å². The lowest BCUT2D eigenvalue weighted by Crippen LogP contribution is -1.85. The van der Waals surface area contributed by atoms with E-state index in [0.29, 0.717) is 0 Å². The van der Waals surface area contributed by atoms with Crippen LogP contribution >= 0.6 is 0 Å². The van der Waals surface area contributed by atoms with Gasteiger partial charge in [0.1, 0.15) is 11.4 Å². The van der Waals surface area contributed by atoms with Crippen molar-refractivity contribution in [2.45, 2.75) is 6.92 Å². The van der Waals surface area contributed by atoms with Gasteiger partial charge >= 0.3 is 0 Å². The Morgan fingerprint density at radius 3 is 2.65 bits per heavy atom. The zero-order chi connectivity index (χ0) is 12.1. The number of rotatable bonds is 1. The van der Waals surface area contributed by atoms with Crippen LogP contribution in [-0.4, -0.2) is 12.1 Å². The maximum Gasteiger partial charge on any atom is 0.120 e. The molecule has 2 aromatic rings. The summed E-state index contributed by atoms with van der Waals surface area (Å²) in [6.07, 6.45) is 0. The number of aryl methyl sites for hydroxylation is 1. The topological polar surface area (TPSA) is 22.1 Å². The summed E-state index contributed by atoms with van der Waals surface area (Å²) in [5.74, 6) is 6.92. The minimum absolute atomic E-state index is 0.785. The van der Waals surface area contributed by atoms with E-state index in [1.807, 2.05) is 49.4 Å². The van der Waals surface area contributed by atoms with Crippen LogP contribution in [0.5, 0.6) is 5.75 Å². The van der Waals surface area contributed by atoms with Crippen LogP contribution in [0.4, 0.5) is 0 Å². The van der Waals surface area contributed by atoms with Crippen molar-refractivity contribution in [2.24, 2.45) is 0 Å². The number of aromatic nitrogens is 1. The molecule has 0 saturated heterocycles. The molecule has 1 aromatic heterocycles. The van der Waals surface area contributed by atoms with E-state index in [-0.39, 0.29) is 0 Å². The Bertz CT molecular complexity index is 579. The summed E-state index contributed by atoms with van der Waals surface area (Å²) in [7, 11) is 1.65. The molecule has 0 aliphatic rings. The largest absolute Gasteiger partial charge is 0.497 e. The Hall–Kier alpha value is -2.27. The number of hydrogen-bond donors (Lipinski definition) is 0. The quantitative estimate of drug-likeness (QED) is 0.692. The van der Waals surface area contributed by atoms with Gasteiger partial charge in [-0.15, -0.1) is 0 Å². The van der Waals surface area contributed by atoms with E-state index in [9.17, 15) is 0 Å². The van der Waals surface area contributed by atoms with Crippen molar-refractivity contribution in [3.05, 3.63) is 59.4 Å². The number of hydrogen-bond acceptors (Lipinski definition) is 2. The first kappa shape index (κ1) is 11.2. The third-order valence-corrected chi connectivity index (χ3v) is 2.29. The van der Waals surface area contributed by atoms with E-state index in [4.69, 9.17) is 4.74 Å². The van der Waals surface area contributed by atoms with Gasteiger partial charge in [-0.3, -0.25) is 0 Å². The zero-order valence-corrected chi connectivity index (χ0v) is 9.90. The predicted octanol–water partition coefficient (Wildman–Crippen LogP) is 2.80. The van der Waals surface area contributed by atoms with Gasteiger partial charge in [-0.25, -0.2) is 4.98 Å².